The number of phenols is 1. The molecular weight excluding hydrogens is 254 g/mol. The molecule has 0 aliphatic carbocycles. The summed E-state index contributed by atoms with van der Waals surface area (Å²) < 4.78 is 0. The molecule has 0 saturated heterocycles. The van der Waals surface area contributed by atoms with Crippen molar-refractivity contribution >= 4 is 16.9 Å². The zero-order valence-electron chi connectivity index (χ0n) is 13.0. The Labute approximate surface area is 120 Å². The molecular formula is C16H23NO3. The highest BCUT2D eigenvalue weighted by Gasteiger charge is 2.11. The summed E-state index contributed by atoms with van der Waals surface area (Å²) in [6, 6.07) is 4.95. The highest BCUT2D eigenvalue weighted by Crippen LogP contribution is 2.29. The van der Waals surface area contributed by atoms with Crippen molar-refractivity contribution in [2.45, 2.75) is 41.5 Å². The van der Waals surface area contributed by atoms with Gasteiger partial charge in [0.25, 0.3) is 0 Å². The largest absolute Gasteiger partial charge is 0.505 e. The zero-order chi connectivity index (χ0) is 15.9. The van der Waals surface area contributed by atoms with E-state index < -0.39 is 5.97 Å². The van der Waals surface area contributed by atoms with E-state index in [2.05, 4.69) is 4.98 Å². The van der Waals surface area contributed by atoms with E-state index in [1.54, 1.807) is 13.0 Å². The molecule has 0 radical (unpaired) electrons. The summed E-state index contributed by atoms with van der Waals surface area (Å²) in [6.07, 6.45) is 0. The van der Waals surface area contributed by atoms with E-state index in [4.69, 9.17) is 5.11 Å². The Kier molecular flexibility index (Phi) is 7.29. The van der Waals surface area contributed by atoms with Crippen LogP contribution in [0.1, 0.15) is 49.3 Å². The molecule has 20 heavy (non-hydrogen) atoms. The number of carboxylic acid groups (broad SMARTS) is 1. The fourth-order valence-electron chi connectivity index (χ4n) is 1.73. The number of aromatic carboxylic acids is 1. The van der Waals surface area contributed by atoms with Gasteiger partial charge in [-0.1, -0.05) is 33.8 Å². The minimum atomic E-state index is -1.10. The van der Waals surface area contributed by atoms with Gasteiger partial charge in [0.1, 0.15) is 17.0 Å². The lowest BCUT2D eigenvalue weighted by Gasteiger charge is -2.07. The third kappa shape index (κ3) is 3.70. The summed E-state index contributed by atoms with van der Waals surface area (Å²) in [7, 11) is 0. The summed E-state index contributed by atoms with van der Waals surface area (Å²) >= 11 is 0. The number of aromatic nitrogens is 1. The molecule has 2 rings (SSSR count). The first-order valence-electron chi connectivity index (χ1n) is 6.84. The lowest BCUT2D eigenvalue weighted by atomic mass is 10.0. The lowest BCUT2D eigenvalue weighted by molar-refractivity contribution is 0.0691. The first-order chi connectivity index (χ1) is 9.50. The number of rotatable bonds is 1. The number of carbonyl (C=O) groups is 1. The van der Waals surface area contributed by atoms with Crippen LogP contribution in [0, 0.1) is 13.8 Å². The zero-order valence-corrected chi connectivity index (χ0v) is 13.0. The van der Waals surface area contributed by atoms with Crippen LogP contribution in [0.4, 0.5) is 0 Å². The molecule has 0 bridgehead atoms. The summed E-state index contributed by atoms with van der Waals surface area (Å²) in [5, 5.41) is 19.4. The van der Waals surface area contributed by atoms with Crippen LogP contribution in [-0.4, -0.2) is 21.2 Å². The highest BCUT2D eigenvalue weighted by molar-refractivity contribution is 5.93. The minimum Gasteiger partial charge on any atom is -0.505 e. The van der Waals surface area contributed by atoms with Crippen molar-refractivity contribution in [1.29, 1.82) is 0 Å². The van der Waals surface area contributed by atoms with Crippen molar-refractivity contribution in [3.05, 3.63) is 35.0 Å². The molecule has 4 heteroatoms. The van der Waals surface area contributed by atoms with Gasteiger partial charge >= 0.3 is 5.97 Å². The first kappa shape index (κ1) is 17.9. The van der Waals surface area contributed by atoms with Gasteiger partial charge in [-0.3, -0.25) is 0 Å². The Morgan fingerprint density at radius 3 is 2.10 bits per heavy atom. The number of phenolic OH excluding ortho intramolecular Hbond substituents is 1. The number of fused-ring (bicyclic) bond motifs is 1. The van der Waals surface area contributed by atoms with Crippen LogP contribution in [0.3, 0.4) is 0 Å². The van der Waals surface area contributed by atoms with Crippen molar-refractivity contribution in [3.63, 3.8) is 0 Å². The molecule has 1 aromatic carbocycles. The van der Waals surface area contributed by atoms with E-state index >= 15 is 0 Å². The van der Waals surface area contributed by atoms with Gasteiger partial charge in [-0.05, 0) is 37.1 Å². The van der Waals surface area contributed by atoms with Gasteiger partial charge in [-0.15, -0.1) is 0 Å². The van der Waals surface area contributed by atoms with Gasteiger partial charge in [0, 0.05) is 5.39 Å². The molecule has 110 valence electrons. The number of hydrogen-bond acceptors (Lipinski definition) is 3. The van der Waals surface area contributed by atoms with E-state index in [0.29, 0.717) is 11.1 Å². The molecule has 0 unspecified atom stereocenters. The van der Waals surface area contributed by atoms with Gasteiger partial charge in [0.2, 0.25) is 0 Å². The van der Waals surface area contributed by atoms with Crippen LogP contribution in [-0.2, 0) is 0 Å². The second-order valence-corrected chi connectivity index (χ2v) is 3.76. The quantitative estimate of drug-likeness (QED) is 0.815. The maximum absolute atomic E-state index is 10.8. The lowest BCUT2D eigenvalue weighted by Crippen LogP contribution is -2.00. The number of nitrogens with zero attached hydrogens (tertiary/aromatic N) is 1. The molecule has 4 nitrogen and oxygen atoms in total. The smallest absolute Gasteiger partial charge is 0.354 e. The van der Waals surface area contributed by atoms with Gasteiger partial charge in [0.15, 0.2) is 0 Å². The van der Waals surface area contributed by atoms with Crippen LogP contribution in [0.25, 0.3) is 10.9 Å². The third-order valence-electron chi connectivity index (χ3n) is 2.57. The second-order valence-electron chi connectivity index (χ2n) is 3.76. The molecule has 2 aromatic rings. The Hall–Kier alpha value is -2.10. The van der Waals surface area contributed by atoms with Crippen molar-refractivity contribution in [3.8, 4) is 5.75 Å². The van der Waals surface area contributed by atoms with Crippen molar-refractivity contribution in [2.24, 2.45) is 0 Å². The normalized spacial score (nSPS) is 9.10. The van der Waals surface area contributed by atoms with E-state index in [1.807, 2.05) is 40.7 Å². The van der Waals surface area contributed by atoms with Crippen LogP contribution in [0.15, 0.2) is 18.2 Å². The molecule has 0 fully saturated rings. The van der Waals surface area contributed by atoms with Crippen molar-refractivity contribution in [1.82, 2.24) is 4.98 Å². The average molecular weight is 277 g/mol. The molecule has 1 aromatic heterocycles. The third-order valence-corrected chi connectivity index (χ3v) is 2.57. The Balaban J connectivity index is 0.000000829. The van der Waals surface area contributed by atoms with Gasteiger partial charge in [0.05, 0.1) is 0 Å². The predicted octanol–water partition coefficient (Wildman–Crippen LogP) is 4.31. The second kappa shape index (κ2) is 8.15. The topological polar surface area (TPSA) is 70.4 Å². The fourth-order valence-corrected chi connectivity index (χ4v) is 1.73. The Bertz CT molecular complexity index is 592. The Morgan fingerprint density at radius 1 is 1.05 bits per heavy atom. The number of carboxylic acids is 1. The van der Waals surface area contributed by atoms with Crippen molar-refractivity contribution < 1.29 is 15.0 Å². The van der Waals surface area contributed by atoms with Crippen LogP contribution in [0.5, 0.6) is 5.75 Å². The summed E-state index contributed by atoms with van der Waals surface area (Å²) in [5.41, 5.74) is 1.94. The van der Waals surface area contributed by atoms with Gasteiger partial charge in [-0.25, -0.2) is 9.78 Å². The fraction of sp³-hybridized carbons (Fsp3) is 0.375. The standard InChI is InChI=1S/C12H11NO3.2C2H6/c1-6-5-7(2)11(14)10-8(6)3-4-9(13-10)12(15)16;2*1-2/h3-5,14H,1-2H3,(H,15,16);2*1-2H3. The summed E-state index contributed by atoms with van der Waals surface area (Å²) in [6.45, 7) is 11.7. The number of benzene rings is 1. The number of hydrogen-bond donors (Lipinski definition) is 2. The monoisotopic (exact) mass is 277 g/mol. The minimum absolute atomic E-state index is 0.0451. The van der Waals surface area contributed by atoms with E-state index in [0.717, 1.165) is 10.9 Å². The summed E-state index contributed by atoms with van der Waals surface area (Å²) in [5.74, 6) is -1.05. The maximum Gasteiger partial charge on any atom is 0.354 e. The molecule has 0 saturated carbocycles. The molecule has 0 atom stereocenters. The van der Waals surface area contributed by atoms with Crippen molar-refractivity contribution in [2.75, 3.05) is 0 Å². The summed E-state index contributed by atoms with van der Waals surface area (Å²) in [4.78, 5) is 14.7. The molecule has 1 heterocycles. The van der Waals surface area contributed by atoms with Gasteiger partial charge < -0.3 is 10.2 Å². The van der Waals surface area contributed by atoms with Crippen LogP contribution < -0.4 is 0 Å². The van der Waals surface area contributed by atoms with Crippen LogP contribution in [0.2, 0.25) is 0 Å². The SMILES string of the molecule is CC.CC.Cc1cc(C)c2ccc(C(=O)O)nc2c1O. The number of aryl methyl sites for hydroxylation is 2. The first-order valence-corrected chi connectivity index (χ1v) is 6.84. The Morgan fingerprint density at radius 2 is 1.60 bits per heavy atom. The molecule has 2 N–H and O–H groups in total. The molecule has 0 spiro atoms. The molecule has 0 aliphatic rings. The molecule has 0 amide bonds. The van der Waals surface area contributed by atoms with Gasteiger partial charge in [-0.2, -0.15) is 0 Å². The van der Waals surface area contributed by atoms with E-state index in [9.17, 15) is 9.90 Å². The highest BCUT2D eigenvalue weighted by atomic mass is 16.4. The average Bonchev–Trinajstić information content (AvgIpc) is 2.48. The predicted molar refractivity (Wildman–Crippen MR) is 82.5 cm³/mol. The number of aromatic hydroxyl groups is 1. The number of pyridine rings is 1. The maximum atomic E-state index is 10.8. The molecule has 0 aliphatic heterocycles. The van der Waals surface area contributed by atoms with Crippen LogP contribution >= 0.6 is 0 Å². The van der Waals surface area contributed by atoms with E-state index in [1.165, 1.54) is 6.07 Å². The van der Waals surface area contributed by atoms with E-state index in [-0.39, 0.29) is 11.4 Å².